The van der Waals surface area contributed by atoms with Gasteiger partial charge in [0.15, 0.2) is 6.29 Å². The molecule has 104 valence electrons. The summed E-state index contributed by atoms with van der Waals surface area (Å²) in [5.74, 6) is 1.02. The Hall–Kier alpha value is -0.620. The van der Waals surface area contributed by atoms with E-state index in [2.05, 4.69) is 28.1 Å². The second kappa shape index (κ2) is 5.79. The number of nitrogens with two attached hydrogens (primary N) is 1. The Bertz CT molecular complexity index is 460. The summed E-state index contributed by atoms with van der Waals surface area (Å²) >= 11 is 3.55. The lowest BCUT2D eigenvalue weighted by Crippen LogP contribution is -2.29. The lowest BCUT2D eigenvalue weighted by Gasteiger charge is -2.17. The minimum Gasteiger partial charge on any atom is -0.493 e. The van der Waals surface area contributed by atoms with Crippen molar-refractivity contribution in [1.29, 1.82) is 0 Å². The molecule has 0 radical (unpaired) electrons. The fourth-order valence-electron chi connectivity index (χ4n) is 2.65. The first kappa shape index (κ1) is 13.4. The largest absolute Gasteiger partial charge is 0.493 e. The van der Waals surface area contributed by atoms with Crippen molar-refractivity contribution in [2.45, 2.75) is 31.6 Å². The van der Waals surface area contributed by atoms with Crippen molar-refractivity contribution in [1.82, 2.24) is 0 Å². The number of hydrogen-bond donors (Lipinski definition) is 1. The van der Waals surface area contributed by atoms with Gasteiger partial charge in [0.05, 0.1) is 19.8 Å². The minimum absolute atomic E-state index is 0.0192. The first-order valence-electron chi connectivity index (χ1n) is 6.65. The number of rotatable bonds is 4. The van der Waals surface area contributed by atoms with E-state index in [9.17, 15) is 0 Å². The van der Waals surface area contributed by atoms with Crippen LogP contribution in [-0.2, 0) is 22.3 Å². The maximum atomic E-state index is 6.20. The SMILES string of the molecule is NC(Cc1cc(Br)cc2c1OCC2)CC1OCCO1. The van der Waals surface area contributed by atoms with Gasteiger partial charge in [0.1, 0.15) is 5.75 Å². The van der Waals surface area contributed by atoms with E-state index in [-0.39, 0.29) is 12.3 Å². The summed E-state index contributed by atoms with van der Waals surface area (Å²) in [6, 6.07) is 4.24. The molecular formula is C14H18BrNO3. The van der Waals surface area contributed by atoms with Crippen LogP contribution in [0.25, 0.3) is 0 Å². The van der Waals surface area contributed by atoms with Crippen molar-refractivity contribution in [3.8, 4) is 5.75 Å². The molecule has 1 saturated heterocycles. The average molecular weight is 328 g/mol. The van der Waals surface area contributed by atoms with E-state index in [1.54, 1.807) is 0 Å². The van der Waals surface area contributed by atoms with Gasteiger partial charge >= 0.3 is 0 Å². The Morgan fingerprint density at radius 2 is 2.05 bits per heavy atom. The van der Waals surface area contributed by atoms with E-state index in [1.807, 2.05) is 0 Å². The van der Waals surface area contributed by atoms with Crippen LogP contribution in [0.15, 0.2) is 16.6 Å². The molecule has 2 heterocycles. The molecule has 3 rings (SSSR count). The maximum absolute atomic E-state index is 6.20. The molecule has 2 aliphatic heterocycles. The van der Waals surface area contributed by atoms with E-state index in [0.29, 0.717) is 13.2 Å². The highest BCUT2D eigenvalue weighted by Crippen LogP contribution is 2.33. The summed E-state index contributed by atoms with van der Waals surface area (Å²) in [5.41, 5.74) is 8.64. The van der Waals surface area contributed by atoms with Crippen molar-refractivity contribution in [2.24, 2.45) is 5.73 Å². The van der Waals surface area contributed by atoms with E-state index >= 15 is 0 Å². The molecule has 0 spiro atoms. The van der Waals surface area contributed by atoms with Gasteiger partial charge in [0.2, 0.25) is 0 Å². The monoisotopic (exact) mass is 327 g/mol. The molecule has 1 aromatic rings. The Balaban J connectivity index is 1.68. The topological polar surface area (TPSA) is 53.7 Å². The Morgan fingerprint density at radius 3 is 2.84 bits per heavy atom. The van der Waals surface area contributed by atoms with Gasteiger partial charge in [-0.15, -0.1) is 0 Å². The molecule has 1 atom stereocenters. The van der Waals surface area contributed by atoms with Gasteiger partial charge in [-0.1, -0.05) is 15.9 Å². The number of hydrogen-bond acceptors (Lipinski definition) is 4. The molecule has 1 unspecified atom stereocenters. The zero-order chi connectivity index (χ0) is 13.2. The van der Waals surface area contributed by atoms with E-state index in [4.69, 9.17) is 19.9 Å². The van der Waals surface area contributed by atoms with Gasteiger partial charge in [-0.05, 0) is 29.7 Å². The highest BCUT2D eigenvalue weighted by atomic mass is 79.9. The van der Waals surface area contributed by atoms with Crippen molar-refractivity contribution in [2.75, 3.05) is 19.8 Å². The standard InChI is InChI=1S/C14H18BrNO3/c15-11-5-9-1-2-19-14(9)10(6-11)7-12(16)8-13-17-3-4-18-13/h5-6,12-13H,1-4,7-8,16H2. The molecular weight excluding hydrogens is 310 g/mol. The summed E-state index contributed by atoms with van der Waals surface area (Å²) in [5, 5.41) is 0. The van der Waals surface area contributed by atoms with Crippen LogP contribution in [0.4, 0.5) is 0 Å². The van der Waals surface area contributed by atoms with Crippen molar-refractivity contribution in [3.05, 3.63) is 27.7 Å². The van der Waals surface area contributed by atoms with Gasteiger partial charge in [-0.25, -0.2) is 0 Å². The van der Waals surface area contributed by atoms with Crippen molar-refractivity contribution in [3.63, 3.8) is 0 Å². The Labute approximate surface area is 121 Å². The number of fused-ring (bicyclic) bond motifs is 1. The molecule has 0 aliphatic carbocycles. The number of benzene rings is 1. The normalized spacial score (nSPS) is 20.3. The zero-order valence-electron chi connectivity index (χ0n) is 10.7. The van der Waals surface area contributed by atoms with Gasteiger partial charge in [-0.3, -0.25) is 0 Å². The van der Waals surface area contributed by atoms with Gasteiger partial charge in [-0.2, -0.15) is 0 Å². The Morgan fingerprint density at radius 1 is 1.26 bits per heavy atom. The minimum atomic E-state index is -0.142. The molecule has 2 N–H and O–H groups in total. The van der Waals surface area contributed by atoms with Gasteiger partial charge in [0.25, 0.3) is 0 Å². The highest BCUT2D eigenvalue weighted by molar-refractivity contribution is 9.10. The molecule has 1 fully saturated rings. The van der Waals surface area contributed by atoms with Crippen LogP contribution >= 0.6 is 15.9 Å². The molecule has 0 aromatic heterocycles. The summed E-state index contributed by atoms with van der Waals surface area (Å²) in [4.78, 5) is 0. The molecule has 0 amide bonds. The van der Waals surface area contributed by atoms with E-state index < -0.39 is 0 Å². The first-order chi connectivity index (χ1) is 9.22. The summed E-state index contributed by atoms with van der Waals surface area (Å²) < 4.78 is 17.7. The lowest BCUT2D eigenvalue weighted by atomic mass is 10.0. The maximum Gasteiger partial charge on any atom is 0.159 e. The van der Waals surface area contributed by atoms with Gasteiger partial charge < -0.3 is 19.9 Å². The summed E-state index contributed by atoms with van der Waals surface area (Å²) in [6.07, 6.45) is 2.34. The quantitative estimate of drug-likeness (QED) is 0.919. The number of halogens is 1. The van der Waals surface area contributed by atoms with Crippen LogP contribution in [-0.4, -0.2) is 32.2 Å². The lowest BCUT2D eigenvalue weighted by molar-refractivity contribution is -0.0504. The molecule has 5 heteroatoms. The van der Waals surface area contributed by atoms with Crippen LogP contribution < -0.4 is 10.5 Å². The molecule has 4 nitrogen and oxygen atoms in total. The first-order valence-corrected chi connectivity index (χ1v) is 7.44. The predicted octanol–water partition coefficient (Wildman–Crippen LogP) is 2.02. The summed E-state index contributed by atoms with van der Waals surface area (Å²) in [7, 11) is 0. The van der Waals surface area contributed by atoms with Crippen LogP contribution in [0.2, 0.25) is 0 Å². The highest BCUT2D eigenvalue weighted by Gasteiger charge is 2.22. The molecule has 0 bridgehead atoms. The average Bonchev–Trinajstić information content (AvgIpc) is 2.99. The van der Waals surface area contributed by atoms with Crippen molar-refractivity contribution >= 4 is 15.9 Å². The van der Waals surface area contributed by atoms with Crippen molar-refractivity contribution < 1.29 is 14.2 Å². The predicted molar refractivity (Wildman–Crippen MR) is 75.3 cm³/mol. The zero-order valence-corrected chi connectivity index (χ0v) is 12.3. The molecule has 2 aliphatic rings. The molecule has 1 aromatic carbocycles. The van der Waals surface area contributed by atoms with Crippen LogP contribution in [0.3, 0.4) is 0 Å². The van der Waals surface area contributed by atoms with Gasteiger partial charge in [0, 0.05) is 23.4 Å². The molecule has 0 saturated carbocycles. The third-order valence-electron chi connectivity index (χ3n) is 3.49. The van der Waals surface area contributed by atoms with E-state index in [0.717, 1.165) is 36.1 Å². The van der Waals surface area contributed by atoms with Crippen LogP contribution in [0.5, 0.6) is 5.75 Å². The fraction of sp³-hybridized carbons (Fsp3) is 0.571. The fourth-order valence-corrected chi connectivity index (χ4v) is 3.21. The second-order valence-electron chi connectivity index (χ2n) is 5.02. The van der Waals surface area contributed by atoms with Crippen LogP contribution in [0, 0.1) is 0 Å². The molecule has 19 heavy (non-hydrogen) atoms. The third-order valence-corrected chi connectivity index (χ3v) is 3.95. The van der Waals surface area contributed by atoms with E-state index in [1.165, 1.54) is 11.1 Å². The number of ether oxygens (including phenoxy) is 3. The third kappa shape index (κ3) is 3.11. The Kier molecular flexibility index (Phi) is 4.07. The summed E-state index contributed by atoms with van der Waals surface area (Å²) in [6.45, 7) is 2.11. The smallest absolute Gasteiger partial charge is 0.159 e. The van der Waals surface area contributed by atoms with Crippen LogP contribution in [0.1, 0.15) is 17.5 Å². The second-order valence-corrected chi connectivity index (χ2v) is 5.94.